The van der Waals surface area contributed by atoms with E-state index in [1.165, 1.54) is 36.4 Å². The van der Waals surface area contributed by atoms with Crippen molar-refractivity contribution in [2.45, 2.75) is 70.6 Å². The number of phenols is 3. The highest BCUT2D eigenvalue weighted by Gasteiger charge is 2.43. The Morgan fingerprint density at radius 2 is 0.882 bits per heavy atom. The molecule has 0 amide bonds. The van der Waals surface area contributed by atoms with Crippen LogP contribution in [0.15, 0.2) is 124 Å². The minimum Gasteiger partial charge on any atom is -0.507 e. The van der Waals surface area contributed by atoms with Crippen molar-refractivity contribution in [1.29, 1.82) is 0 Å². The van der Waals surface area contributed by atoms with Crippen molar-refractivity contribution in [3.63, 3.8) is 0 Å². The van der Waals surface area contributed by atoms with E-state index in [9.17, 15) is 58.2 Å². The number of carbonyl (C=O) groups is 3. The zero-order chi connectivity index (χ0) is 54.8. The number of carboxylic acids is 3. The maximum absolute atomic E-state index is 14.3. The molecule has 0 bridgehead atoms. The van der Waals surface area contributed by atoms with Gasteiger partial charge in [0.2, 0.25) is 0 Å². The number of halogens is 5. The van der Waals surface area contributed by atoms with Crippen molar-refractivity contribution >= 4 is 82.1 Å². The maximum atomic E-state index is 14.3. The number of aromatic hydroxyl groups is 3. The maximum Gasteiger partial charge on any atom is 0.335 e. The van der Waals surface area contributed by atoms with Crippen LogP contribution in [0.3, 0.4) is 0 Å². The summed E-state index contributed by atoms with van der Waals surface area (Å²) in [5.41, 5.74) is 9.96. The third-order valence-electron chi connectivity index (χ3n) is 15.9. The molecule has 9 nitrogen and oxygen atoms in total. The molecule has 384 valence electrons. The van der Waals surface area contributed by atoms with Gasteiger partial charge in [-0.15, -0.1) is 0 Å². The Labute approximate surface area is 450 Å². The van der Waals surface area contributed by atoms with E-state index in [-0.39, 0.29) is 55.5 Å². The second-order valence-electron chi connectivity index (χ2n) is 20.5. The molecule has 12 rings (SSSR count). The van der Waals surface area contributed by atoms with Crippen molar-refractivity contribution < 1.29 is 58.2 Å². The van der Waals surface area contributed by atoms with Gasteiger partial charge in [0.25, 0.3) is 0 Å². The van der Waals surface area contributed by atoms with Gasteiger partial charge in [0, 0.05) is 42.0 Å². The lowest BCUT2D eigenvalue weighted by molar-refractivity contribution is 0.0686. The Hall–Kier alpha value is -7.68. The van der Waals surface area contributed by atoms with Crippen molar-refractivity contribution in [3.05, 3.63) is 192 Å². The molecular weight excluding hydrogens is 1110 g/mol. The van der Waals surface area contributed by atoms with Crippen LogP contribution in [0.4, 0.5) is 13.2 Å². The summed E-state index contributed by atoms with van der Waals surface area (Å²) in [6.07, 6.45) is 1.64. The van der Waals surface area contributed by atoms with E-state index in [2.05, 4.69) is 59.6 Å². The Kier molecular flexibility index (Phi) is 12.4. The summed E-state index contributed by atoms with van der Waals surface area (Å²) in [7, 11) is 0. The van der Waals surface area contributed by atoms with Crippen molar-refractivity contribution in [2.24, 2.45) is 0 Å². The molecule has 0 aliphatic heterocycles. The van der Waals surface area contributed by atoms with Gasteiger partial charge in [0.05, 0.1) is 22.1 Å². The van der Waals surface area contributed by atoms with Crippen LogP contribution in [0, 0.1) is 17.5 Å². The molecule has 6 N–H and O–H groups in total. The van der Waals surface area contributed by atoms with Crippen LogP contribution in [0.5, 0.6) is 17.2 Å². The first-order chi connectivity index (χ1) is 35.9. The van der Waals surface area contributed by atoms with Crippen LogP contribution in [-0.2, 0) is 16.2 Å². The first-order valence-electron chi connectivity index (χ1n) is 24.3. The van der Waals surface area contributed by atoms with Gasteiger partial charge in [-0.25, -0.2) is 27.6 Å². The topological polar surface area (TPSA) is 173 Å². The van der Waals surface area contributed by atoms with Gasteiger partial charge < -0.3 is 30.6 Å². The quantitative estimate of drug-likeness (QED) is 0.0981. The normalized spacial score (nSPS) is 14.4. The van der Waals surface area contributed by atoms with E-state index in [1.807, 2.05) is 38.1 Å². The molecule has 0 spiro atoms. The minimum absolute atomic E-state index is 0.0517. The van der Waals surface area contributed by atoms with E-state index >= 15 is 0 Å². The smallest absolute Gasteiger partial charge is 0.335 e. The van der Waals surface area contributed by atoms with E-state index in [4.69, 9.17) is 0 Å². The van der Waals surface area contributed by atoms with E-state index < -0.39 is 40.8 Å². The molecular formula is C62H47Br2F3O9. The second kappa shape index (κ2) is 18.3. The Morgan fingerprint density at radius 1 is 0.447 bits per heavy atom. The molecule has 0 saturated heterocycles. The number of hydrogen-bond acceptors (Lipinski definition) is 6. The van der Waals surface area contributed by atoms with Crippen molar-refractivity contribution in [1.82, 2.24) is 0 Å². The van der Waals surface area contributed by atoms with Crippen LogP contribution in [0.25, 0.3) is 65.7 Å². The summed E-state index contributed by atoms with van der Waals surface area (Å²) < 4.78 is 43.5. The predicted octanol–water partition coefficient (Wildman–Crippen LogP) is 16.4. The van der Waals surface area contributed by atoms with Gasteiger partial charge in [-0.2, -0.15) is 0 Å². The second-order valence-corrected chi connectivity index (χ2v) is 22.3. The fraction of sp³-hybridized carbons (Fsp3) is 0.177. The largest absolute Gasteiger partial charge is 0.507 e. The number of aromatic carboxylic acids is 3. The van der Waals surface area contributed by atoms with Gasteiger partial charge in [0.15, 0.2) is 0 Å². The van der Waals surface area contributed by atoms with Crippen LogP contribution in [-0.4, -0.2) is 48.5 Å². The van der Waals surface area contributed by atoms with Crippen LogP contribution in [0.2, 0.25) is 0 Å². The number of phenolic OH excluding ortho intramolecular Hbond substituents is 3. The SMILES string of the molecule is CC1(C)c2ccc(C(=O)O)cc2-c2c1cc(O)c1c(Br)cc(Br)cc21.CC1(C)c2ccc(C(=O)O)cc2-c2c1cc(O)c1c(F)cc(F)cc21.CCC1(CC)c2ccc(C(=O)O)cc2-c2c1cc(O)c1cc(F)ccc21. The molecule has 3 aliphatic rings. The zero-order valence-electron chi connectivity index (χ0n) is 41.7. The number of rotatable bonds is 5. The fourth-order valence-corrected chi connectivity index (χ4v) is 13.6. The van der Waals surface area contributed by atoms with Gasteiger partial charge in [-0.3, -0.25) is 0 Å². The molecule has 76 heavy (non-hydrogen) atoms. The molecule has 14 heteroatoms. The monoisotopic (exact) mass is 1150 g/mol. The molecule has 0 unspecified atom stereocenters. The lowest BCUT2D eigenvalue weighted by Crippen LogP contribution is -2.23. The summed E-state index contributed by atoms with van der Waals surface area (Å²) in [5.74, 6) is -5.01. The minimum atomic E-state index is -1.07. The number of carboxylic acid groups (broad SMARTS) is 3. The van der Waals surface area contributed by atoms with Crippen LogP contribution < -0.4 is 0 Å². The standard InChI is InChI=1S/C22H19FO3.C20H14Br2O3.C20H14F2O3/c1-3-22(4-2)17-8-5-12(21(25)26)9-16(17)20-14-7-6-13(23)10-15(14)19(24)11-18(20)22;2*1-20(2)13-4-3-9(19(24)25)5-11(13)17-12-6-10(21)7-15(22)18(12)16(23)8-14(17)20/h5-11,24H,3-4H2,1-2H3,(H,25,26);2*3-8,23H,1-2H3,(H,24,25). The van der Waals surface area contributed by atoms with E-state index in [0.717, 1.165) is 94.1 Å². The number of benzene rings is 9. The van der Waals surface area contributed by atoms with Gasteiger partial charge in [-0.1, -0.05) is 81.7 Å². The first kappa shape index (κ1) is 51.8. The van der Waals surface area contributed by atoms with E-state index in [1.54, 1.807) is 48.5 Å². The Balaban J connectivity index is 0.000000130. The average Bonchev–Trinajstić information content (AvgIpc) is 3.98. The van der Waals surface area contributed by atoms with Crippen molar-refractivity contribution in [2.75, 3.05) is 0 Å². The third-order valence-corrected chi connectivity index (χ3v) is 17.0. The van der Waals surface area contributed by atoms with Gasteiger partial charge >= 0.3 is 17.9 Å². The molecule has 9 aromatic rings. The molecule has 0 aromatic heterocycles. The molecule has 0 fully saturated rings. The molecule has 0 saturated carbocycles. The highest BCUT2D eigenvalue weighted by molar-refractivity contribution is 9.11. The van der Waals surface area contributed by atoms with Crippen LogP contribution in [0.1, 0.15) is 119 Å². The summed E-state index contributed by atoms with van der Waals surface area (Å²) in [4.78, 5) is 34.3. The van der Waals surface area contributed by atoms with Gasteiger partial charge in [0.1, 0.15) is 34.7 Å². The summed E-state index contributed by atoms with van der Waals surface area (Å²) in [6, 6.07) is 30.4. The van der Waals surface area contributed by atoms with Gasteiger partial charge in [-0.05, 0) is 197 Å². The van der Waals surface area contributed by atoms with Crippen molar-refractivity contribution in [3.8, 4) is 50.6 Å². The van der Waals surface area contributed by atoms with Crippen LogP contribution >= 0.6 is 31.9 Å². The first-order valence-corrected chi connectivity index (χ1v) is 25.8. The third kappa shape index (κ3) is 7.81. The highest BCUT2D eigenvalue weighted by atomic mass is 79.9. The molecule has 0 radical (unpaired) electrons. The highest BCUT2D eigenvalue weighted by Crippen LogP contribution is 2.58. The molecule has 9 aromatic carbocycles. The predicted molar refractivity (Wildman–Crippen MR) is 295 cm³/mol. The summed E-state index contributed by atoms with van der Waals surface area (Å²) >= 11 is 7.05. The number of hydrogen-bond donors (Lipinski definition) is 6. The lowest BCUT2D eigenvalue weighted by Gasteiger charge is -2.30. The Morgan fingerprint density at radius 3 is 1.38 bits per heavy atom. The zero-order valence-corrected chi connectivity index (χ0v) is 44.9. The molecule has 0 atom stereocenters. The lowest BCUT2D eigenvalue weighted by atomic mass is 9.73. The fourth-order valence-electron chi connectivity index (χ4n) is 12.1. The summed E-state index contributed by atoms with van der Waals surface area (Å²) in [5, 5.41) is 62.5. The Bertz CT molecular complexity index is 3890. The average molecular weight is 1150 g/mol. The van der Waals surface area contributed by atoms with E-state index in [0.29, 0.717) is 22.1 Å². The molecule has 3 aliphatic carbocycles. The summed E-state index contributed by atoms with van der Waals surface area (Å²) in [6.45, 7) is 12.2. The number of fused-ring (bicyclic) bond motifs is 15. The molecule has 0 heterocycles.